The number of carbonyl (C=O) groups is 1. The summed E-state index contributed by atoms with van der Waals surface area (Å²) in [5, 5.41) is 0. The third-order valence-corrected chi connectivity index (χ3v) is 6.97. The van der Waals surface area contributed by atoms with Crippen LogP contribution in [0.4, 0.5) is 5.69 Å². The highest BCUT2D eigenvalue weighted by atomic mass is 16.2. The Kier molecular flexibility index (Phi) is 5.67. The van der Waals surface area contributed by atoms with Crippen LogP contribution in [-0.2, 0) is 11.3 Å². The van der Waals surface area contributed by atoms with Crippen LogP contribution in [0.5, 0.6) is 0 Å². The number of piperazine rings is 1. The SMILES string of the molecule is Cc1cccc(N2CCN(C(=O)CCCn3c(=O)c4cccn4c4ccccc43)CC2)c1C. The number of para-hydroxylation sites is 2. The van der Waals surface area contributed by atoms with E-state index in [9.17, 15) is 9.59 Å². The summed E-state index contributed by atoms with van der Waals surface area (Å²) < 4.78 is 3.76. The molecule has 0 atom stereocenters. The molecule has 6 nitrogen and oxygen atoms in total. The number of fused-ring (bicyclic) bond motifs is 3. The minimum absolute atomic E-state index is 0.00622. The highest BCUT2D eigenvalue weighted by Gasteiger charge is 2.22. The van der Waals surface area contributed by atoms with E-state index in [-0.39, 0.29) is 11.5 Å². The molecule has 1 aliphatic heterocycles. The van der Waals surface area contributed by atoms with Crippen LogP contribution < -0.4 is 10.5 Å². The summed E-state index contributed by atoms with van der Waals surface area (Å²) in [6, 6.07) is 18.1. The number of carbonyl (C=O) groups excluding carboxylic acids is 1. The summed E-state index contributed by atoms with van der Waals surface area (Å²) in [5.41, 5.74) is 6.46. The van der Waals surface area contributed by atoms with E-state index < -0.39 is 0 Å². The molecule has 0 bridgehead atoms. The van der Waals surface area contributed by atoms with E-state index in [4.69, 9.17) is 0 Å². The fourth-order valence-corrected chi connectivity index (χ4v) is 4.95. The fraction of sp³-hybridized carbons (Fsp3) is 0.333. The van der Waals surface area contributed by atoms with Crippen LogP contribution in [0.15, 0.2) is 65.6 Å². The van der Waals surface area contributed by atoms with Gasteiger partial charge < -0.3 is 18.8 Å². The van der Waals surface area contributed by atoms with Crippen LogP contribution in [-0.4, -0.2) is 46.0 Å². The lowest BCUT2D eigenvalue weighted by Crippen LogP contribution is -2.49. The number of anilines is 1. The third-order valence-electron chi connectivity index (χ3n) is 6.97. The molecule has 0 radical (unpaired) electrons. The maximum Gasteiger partial charge on any atom is 0.275 e. The number of hydrogen-bond acceptors (Lipinski definition) is 3. The van der Waals surface area contributed by atoms with Crippen molar-refractivity contribution in [1.82, 2.24) is 13.9 Å². The largest absolute Gasteiger partial charge is 0.368 e. The number of nitrogens with zero attached hydrogens (tertiary/aromatic N) is 4. The molecule has 2 aromatic carbocycles. The van der Waals surface area contributed by atoms with Crippen molar-refractivity contribution in [3.05, 3.63) is 82.3 Å². The standard InChI is InChI=1S/C27H30N4O2/c1-20-8-5-11-22(21(20)2)28-16-18-29(19-17-28)26(32)13-7-15-31-24-10-4-3-9-23(24)30-14-6-12-25(30)27(31)33/h3-6,8-12,14H,7,13,15-19H2,1-2H3. The van der Waals surface area contributed by atoms with Gasteiger partial charge in [0.15, 0.2) is 0 Å². The molecule has 6 heteroatoms. The van der Waals surface area contributed by atoms with E-state index in [0.29, 0.717) is 24.9 Å². The van der Waals surface area contributed by atoms with Gasteiger partial charge in [0.05, 0.1) is 11.0 Å². The van der Waals surface area contributed by atoms with Crippen LogP contribution >= 0.6 is 0 Å². The van der Waals surface area contributed by atoms with Gasteiger partial charge in [0, 0.05) is 51.0 Å². The summed E-state index contributed by atoms with van der Waals surface area (Å²) in [6.07, 6.45) is 3.03. The fourth-order valence-electron chi connectivity index (χ4n) is 4.95. The lowest BCUT2D eigenvalue weighted by atomic mass is 10.1. The maximum atomic E-state index is 13.0. The van der Waals surface area contributed by atoms with Crippen molar-refractivity contribution in [2.45, 2.75) is 33.2 Å². The molecular formula is C27H30N4O2. The van der Waals surface area contributed by atoms with Gasteiger partial charge in [-0.05, 0) is 61.7 Å². The number of aryl methyl sites for hydroxylation is 2. The molecule has 3 heterocycles. The maximum absolute atomic E-state index is 13.0. The number of amides is 1. The number of benzene rings is 2. The van der Waals surface area contributed by atoms with Gasteiger partial charge in [0.25, 0.3) is 5.56 Å². The van der Waals surface area contributed by atoms with Gasteiger partial charge in [-0.15, -0.1) is 0 Å². The molecule has 0 spiro atoms. The van der Waals surface area contributed by atoms with Crippen molar-refractivity contribution < 1.29 is 4.79 Å². The Bertz CT molecular complexity index is 1380. The highest BCUT2D eigenvalue weighted by Crippen LogP contribution is 2.24. The minimum Gasteiger partial charge on any atom is -0.368 e. The monoisotopic (exact) mass is 442 g/mol. The van der Waals surface area contributed by atoms with Crippen molar-refractivity contribution in [3.63, 3.8) is 0 Å². The number of hydrogen-bond donors (Lipinski definition) is 0. The second-order valence-electron chi connectivity index (χ2n) is 8.90. The Balaban J connectivity index is 1.23. The van der Waals surface area contributed by atoms with Crippen LogP contribution in [0.3, 0.4) is 0 Å². The zero-order valence-corrected chi connectivity index (χ0v) is 19.3. The zero-order chi connectivity index (χ0) is 22.9. The van der Waals surface area contributed by atoms with E-state index in [0.717, 1.165) is 37.2 Å². The Morgan fingerprint density at radius 1 is 0.848 bits per heavy atom. The molecule has 1 aliphatic rings. The number of rotatable bonds is 5. The van der Waals surface area contributed by atoms with Crippen LogP contribution in [0.1, 0.15) is 24.0 Å². The van der Waals surface area contributed by atoms with Gasteiger partial charge in [0.2, 0.25) is 5.91 Å². The van der Waals surface area contributed by atoms with Crippen LogP contribution in [0.2, 0.25) is 0 Å². The molecule has 1 amide bonds. The third kappa shape index (κ3) is 3.90. The van der Waals surface area contributed by atoms with Gasteiger partial charge in [-0.3, -0.25) is 9.59 Å². The second-order valence-corrected chi connectivity index (χ2v) is 8.90. The Labute approximate surface area is 193 Å². The molecule has 4 aromatic rings. The first-order valence-corrected chi connectivity index (χ1v) is 11.7. The van der Waals surface area contributed by atoms with Gasteiger partial charge in [0.1, 0.15) is 5.52 Å². The van der Waals surface area contributed by atoms with E-state index in [1.807, 2.05) is 56.5 Å². The predicted octanol–water partition coefficient (Wildman–Crippen LogP) is 4.00. The lowest BCUT2D eigenvalue weighted by molar-refractivity contribution is -0.131. The molecule has 0 N–H and O–H groups in total. The summed E-state index contributed by atoms with van der Waals surface area (Å²) in [6.45, 7) is 8.03. The van der Waals surface area contributed by atoms with Gasteiger partial charge in [-0.25, -0.2) is 0 Å². The van der Waals surface area contributed by atoms with E-state index in [1.54, 1.807) is 0 Å². The summed E-state index contributed by atoms with van der Waals surface area (Å²) in [7, 11) is 0. The summed E-state index contributed by atoms with van der Waals surface area (Å²) in [4.78, 5) is 30.3. The first-order valence-electron chi connectivity index (χ1n) is 11.7. The molecule has 1 saturated heterocycles. The Morgan fingerprint density at radius 3 is 2.36 bits per heavy atom. The molecular weight excluding hydrogens is 412 g/mol. The molecule has 2 aromatic heterocycles. The average molecular weight is 443 g/mol. The van der Waals surface area contributed by atoms with Crippen LogP contribution in [0.25, 0.3) is 16.6 Å². The van der Waals surface area contributed by atoms with Crippen molar-refractivity contribution >= 4 is 28.1 Å². The summed E-state index contributed by atoms with van der Waals surface area (Å²) in [5.74, 6) is 0.178. The van der Waals surface area contributed by atoms with E-state index in [2.05, 4.69) is 36.9 Å². The van der Waals surface area contributed by atoms with Crippen LogP contribution in [0, 0.1) is 13.8 Å². The van der Waals surface area contributed by atoms with E-state index in [1.165, 1.54) is 16.8 Å². The molecule has 33 heavy (non-hydrogen) atoms. The highest BCUT2D eigenvalue weighted by molar-refractivity contribution is 5.79. The normalized spacial score (nSPS) is 14.4. The molecule has 0 unspecified atom stereocenters. The first kappa shape index (κ1) is 21.3. The number of aromatic nitrogens is 2. The Morgan fingerprint density at radius 2 is 1.58 bits per heavy atom. The van der Waals surface area contributed by atoms with Crippen molar-refractivity contribution in [1.29, 1.82) is 0 Å². The van der Waals surface area contributed by atoms with Gasteiger partial charge in [-0.1, -0.05) is 24.3 Å². The topological polar surface area (TPSA) is 50.0 Å². The molecule has 0 aliphatic carbocycles. The lowest BCUT2D eigenvalue weighted by Gasteiger charge is -2.37. The van der Waals surface area contributed by atoms with Crippen molar-refractivity contribution in [3.8, 4) is 0 Å². The van der Waals surface area contributed by atoms with Gasteiger partial charge in [-0.2, -0.15) is 0 Å². The second kappa shape index (κ2) is 8.77. The molecule has 5 rings (SSSR count). The molecule has 0 saturated carbocycles. The zero-order valence-electron chi connectivity index (χ0n) is 19.3. The smallest absolute Gasteiger partial charge is 0.275 e. The summed E-state index contributed by atoms with van der Waals surface area (Å²) >= 11 is 0. The predicted molar refractivity (Wildman–Crippen MR) is 133 cm³/mol. The average Bonchev–Trinajstić information content (AvgIpc) is 3.34. The molecule has 170 valence electrons. The quantitative estimate of drug-likeness (QED) is 0.469. The van der Waals surface area contributed by atoms with E-state index >= 15 is 0 Å². The van der Waals surface area contributed by atoms with Crippen molar-refractivity contribution in [2.75, 3.05) is 31.1 Å². The molecule has 1 fully saturated rings. The first-order chi connectivity index (χ1) is 16.0. The minimum atomic E-state index is -0.00622. The Hall–Kier alpha value is -3.54. The van der Waals surface area contributed by atoms with Crippen molar-refractivity contribution in [2.24, 2.45) is 0 Å². The van der Waals surface area contributed by atoms with Gasteiger partial charge >= 0.3 is 0 Å².